The molecule has 1 saturated heterocycles. The van der Waals surface area contributed by atoms with E-state index in [0.29, 0.717) is 23.9 Å². The van der Waals surface area contributed by atoms with Gasteiger partial charge in [-0.1, -0.05) is 29.8 Å². The topological polar surface area (TPSA) is 49.8 Å². The minimum absolute atomic E-state index is 0.128. The van der Waals surface area contributed by atoms with Crippen LogP contribution >= 0.6 is 11.6 Å². The number of likely N-dealkylation sites (tertiary alicyclic amines) is 1. The van der Waals surface area contributed by atoms with Crippen molar-refractivity contribution in [3.8, 4) is 0 Å². The van der Waals surface area contributed by atoms with Gasteiger partial charge in [0.25, 0.3) is 0 Å². The third kappa shape index (κ3) is 4.97. The fraction of sp³-hybridized carbons (Fsp3) is 0.588. The van der Waals surface area contributed by atoms with Gasteiger partial charge in [0, 0.05) is 23.6 Å². The molecular formula is C17H24ClNO3. The molecule has 1 aliphatic heterocycles. The molecule has 0 aromatic heterocycles. The van der Waals surface area contributed by atoms with Crippen LogP contribution in [0.15, 0.2) is 24.3 Å². The van der Waals surface area contributed by atoms with E-state index in [-0.39, 0.29) is 5.97 Å². The molecule has 1 heterocycles. The molecule has 0 saturated carbocycles. The third-order valence-corrected chi connectivity index (χ3v) is 4.73. The number of ether oxygens (including phenoxy) is 1. The van der Waals surface area contributed by atoms with Crippen molar-refractivity contribution in [1.29, 1.82) is 0 Å². The molecule has 1 atom stereocenters. The van der Waals surface area contributed by atoms with Crippen molar-refractivity contribution < 1.29 is 14.6 Å². The van der Waals surface area contributed by atoms with Crippen molar-refractivity contribution in [2.24, 2.45) is 5.92 Å². The van der Waals surface area contributed by atoms with E-state index in [9.17, 15) is 9.90 Å². The van der Waals surface area contributed by atoms with Crippen LogP contribution in [0, 0.1) is 5.92 Å². The van der Waals surface area contributed by atoms with Gasteiger partial charge in [0.2, 0.25) is 0 Å². The van der Waals surface area contributed by atoms with E-state index >= 15 is 0 Å². The molecule has 1 aromatic carbocycles. The first-order valence-electron chi connectivity index (χ1n) is 7.81. The zero-order valence-electron chi connectivity index (χ0n) is 13.0. The Morgan fingerprint density at radius 2 is 2.09 bits per heavy atom. The van der Waals surface area contributed by atoms with Gasteiger partial charge in [0.15, 0.2) is 0 Å². The molecule has 22 heavy (non-hydrogen) atoms. The van der Waals surface area contributed by atoms with Crippen LogP contribution in [-0.2, 0) is 9.53 Å². The summed E-state index contributed by atoms with van der Waals surface area (Å²) in [5.41, 5.74) is 0.789. The van der Waals surface area contributed by atoms with Gasteiger partial charge < -0.3 is 14.7 Å². The molecule has 0 amide bonds. The third-order valence-electron chi connectivity index (χ3n) is 4.39. The summed E-state index contributed by atoms with van der Waals surface area (Å²) in [6.07, 6.45) is 2.97. The maximum Gasteiger partial charge on any atom is 0.305 e. The summed E-state index contributed by atoms with van der Waals surface area (Å²) >= 11 is 6.12. The molecule has 1 aromatic rings. The van der Waals surface area contributed by atoms with Crippen LogP contribution in [0.3, 0.4) is 0 Å². The van der Waals surface area contributed by atoms with Gasteiger partial charge in [-0.25, -0.2) is 0 Å². The Morgan fingerprint density at radius 3 is 2.73 bits per heavy atom. The van der Waals surface area contributed by atoms with Crippen LogP contribution in [0.25, 0.3) is 0 Å². The fourth-order valence-electron chi connectivity index (χ4n) is 2.97. The normalized spacial score (nSPS) is 18.1. The Hall–Kier alpha value is -1.10. The van der Waals surface area contributed by atoms with Crippen LogP contribution in [0.2, 0.25) is 5.02 Å². The lowest BCUT2D eigenvalue weighted by molar-refractivity contribution is -0.141. The number of carbonyl (C=O) groups is 1. The van der Waals surface area contributed by atoms with E-state index in [1.165, 1.54) is 7.11 Å². The average molecular weight is 326 g/mol. The van der Waals surface area contributed by atoms with Crippen LogP contribution in [0.5, 0.6) is 0 Å². The number of hydrogen-bond acceptors (Lipinski definition) is 4. The molecule has 0 aliphatic carbocycles. The summed E-state index contributed by atoms with van der Waals surface area (Å²) in [4.78, 5) is 13.4. The second kappa shape index (κ2) is 8.51. The van der Waals surface area contributed by atoms with Gasteiger partial charge in [-0.05, 0) is 44.3 Å². The van der Waals surface area contributed by atoms with Crippen molar-refractivity contribution in [3.05, 3.63) is 34.9 Å². The Labute approximate surface area is 137 Å². The summed E-state index contributed by atoms with van der Waals surface area (Å²) in [6, 6.07) is 7.43. The Morgan fingerprint density at radius 1 is 1.41 bits per heavy atom. The van der Waals surface area contributed by atoms with Gasteiger partial charge in [0.05, 0.1) is 13.2 Å². The van der Waals surface area contributed by atoms with Crippen molar-refractivity contribution in [2.45, 2.75) is 31.8 Å². The molecule has 4 nitrogen and oxygen atoms in total. The minimum atomic E-state index is -0.555. The van der Waals surface area contributed by atoms with E-state index < -0.39 is 6.10 Å². The number of hydrogen-bond donors (Lipinski definition) is 1. The van der Waals surface area contributed by atoms with Crippen LogP contribution in [0.1, 0.15) is 37.4 Å². The van der Waals surface area contributed by atoms with Crippen molar-refractivity contribution in [2.75, 3.05) is 26.7 Å². The predicted octanol–water partition coefficient (Wildman–Crippen LogP) is 3.04. The van der Waals surface area contributed by atoms with Crippen LogP contribution < -0.4 is 0 Å². The maximum absolute atomic E-state index is 11.2. The van der Waals surface area contributed by atoms with Crippen LogP contribution in [0.4, 0.5) is 0 Å². The molecule has 0 spiro atoms. The first-order chi connectivity index (χ1) is 10.6. The summed E-state index contributed by atoms with van der Waals surface area (Å²) in [5, 5.41) is 11.0. The number of β-amino-alcohol motifs (C(OH)–C–C–N with tert-alkyl or cyclic N) is 1. The molecule has 1 aliphatic rings. The monoisotopic (exact) mass is 325 g/mol. The molecule has 0 bridgehead atoms. The fourth-order valence-corrected chi connectivity index (χ4v) is 3.23. The van der Waals surface area contributed by atoms with Gasteiger partial charge >= 0.3 is 5.97 Å². The van der Waals surface area contributed by atoms with Crippen molar-refractivity contribution in [3.63, 3.8) is 0 Å². The number of halogens is 1. The number of carbonyl (C=O) groups excluding carboxylic acids is 1. The second-order valence-electron chi connectivity index (χ2n) is 5.90. The lowest BCUT2D eigenvalue weighted by atomic mass is 9.92. The predicted molar refractivity (Wildman–Crippen MR) is 86.8 cm³/mol. The van der Waals surface area contributed by atoms with Gasteiger partial charge in [0.1, 0.15) is 0 Å². The molecular weight excluding hydrogens is 302 g/mol. The summed E-state index contributed by atoms with van der Waals surface area (Å²) in [6.45, 7) is 2.51. The molecule has 122 valence electrons. The largest absolute Gasteiger partial charge is 0.469 e. The molecule has 1 unspecified atom stereocenters. The van der Waals surface area contributed by atoms with E-state index in [1.54, 1.807) is 6.07 Å². The Bertz CT molecular complexity index is 487. The zero-order valence-corrected chi connectivity index (χ0v) is 13.8. The number of rotatable bonds is 6. The first kappa shape index (κ1) is 17.3. The van der Waals surface area contributed by atoms with Crippen LogP contribution in [-0.4, -0.2) is 42.7 Å². The highest BCUT2D eigenvalue weighted by Crippen LogP contribution is 2.26. The number of piperidine rings is 1. The van der Waals surface area contributed by atoms with Gasteiger partial charge in [-0.2, -0.15) is 0 Å². The SMILES string of the molecule is COC(=O)CCC1CCN(CC(O)c2ccccc2Cl)CC1. The Kier molecular flexibility index (Phi) is 6.68. The van der Waals surface area contributed by atoms with Crippen molar-refractivity contribution in [1.82, 2.24) is 4.90 Å². The molecule has 1 fully saturated rings. The molecule has 1 N–H and O–H groups in total. The quantitative estimate of drug-likeness (QED) is 0.817. The number of esters is 1. The van der Waals surface area contributed by atoms with Crippen molar-refractivity contribution >= 4 is 17.6 Å². The van der Waals surface area contributed by atoms with E-state index in [4.69, 9.17) is 11.6 Å². The number of methoxy groups -OCH3 is 1. The first-order valence-corrected chi connectivity index (χ1v) is 8.19. The highest BCUT2D eigenvalue weighted by atomic mass is 35.5. The van der Waals surface area contributed by atoms with E-state index in [0.717, 1.165) is 37.9 Å². The highest BCUT2D eigenvalue weighted by molar-refractivity contribution is 6.31. The van der Waals surface area contributed by atoms with Gasteiger partial charge in [-0.15, -0.1) is 0 Å². The lowest BCUT2D eigenvalue weighted by Gasteiger charge is -2.33. The minimum Gasteiger partial charge on any atom is -0.469 e. The van der Waals surface area contributed by atoms with E-state index in [2.05, 4.69) is 9.64 Å². The Balaban J connectivity index is 1.75. The highest BCUT2D eigenvalue weighted by Gasteiger charge is 2.22. The standard InChI is InChI=1S/C17H24ClNO3/c1-22-17(21)7-6-13-8-10-19(11-9-13)12-16(20)14-4-2-3-5-15(14)18/h2-5,13,16,20H,6-12H2,1H3. The number of aliphatic hydroxyl groups excluding tert-OH is 1. The lowest BCUT2D eigenvalue weighted by Crippen LogP contribution is -2.36. The zero-order chi connectivity index (χ0) is 15.9. The smallest absolute Gasteiger partial charge is 0.305 e. The average Bonchev–Trinajstić information content (AvgIpc) is 2.54. The summed E-state index contributed by atoms with van der Waals surface area (Å²) in [7, 11) is 1.43. The second-order valence-corrected chi connectivity index (χ2v) is 6.30. The number of aliphatic hydroxyl groups is 1. The summed E-state index contributed by atoms with van der Waals surface area (Å²) < 4.78 is 4.68. The molecule has 2 rings (SSSR count). The van der Waals surface area contributed by atoms with Gasteiger partial charge in [-0.3, -0.25) is 4.79 Å². The number of nitrogens with zero attached hydrogens (tertiary/aromatic N) is 1. The maximum atomic E-state index is 11.2. The number of benzene rings is 1. The molecule has 0 radical (unpaired) electrons. The van der Waals surface area contributed by atoms with E-state index in [1.807, 2.05) is 18.2 Å². The summed E-state index contributed by atoms with van der Waals surface area (Å²) in [5.74, 6) is 0.448. The molecule has 5 heteroatoms.